The third-order valence-corrected chi connectivity index (χ3v) is 11.1. The van der Waals surface area contributed by atoms with Gasteiger partial charge in [-0.05, 0) is 58.6 Å². The Morgan fingerprint density at radius 1 is 0.902 bits per heavy atom. The summed E-state index contributed by atoms with van der Waals surface area (Å²) in [6, 6.07) is 23.9. The van der Waals surface area contributed by atoms with Gasteiger partial charge in [0.1, 0.15) is 11.8 Å². The van der Waals surface area contributed by atoms with Crippen LogP contribution < -0.4 is 15.1 Å². The van der Waals surface area contributed by atoms with E-state index in [9.17, 15) is 19.2 Å². The van der Waals surface area contributed by atoms with E-state index in [4.69, 9.17) is 11.6 Å². The summed E-state index contributed by atoms with van der Waals surface area (Å²) in [5.41, 5.74) is 1.09. The Morgan fingerprint density at radius 3 is 2.44 bits per heavy atom. The maximum Gasteiger partial charge on any atom is 0.308 e. The van der Waals surface area contributed by atoms with Gasteiger partial charge in [-0.2, -0.15) is 0 Å². The molecule has 1 N–H and O–H groups in total. The van der Waals surface area contributed by atoms with Crippen molar-refractivity contribution in [3.8, 4) is 0 Å². The predicted octanol–water partition coefficient (Wildman–Crippen LogP) is 6.21. The van der Waals surface area contributed by atoms with E-state index in [0.717, 1.165) is 27.0 Å². The number of thiophene rings is 1. The lowest BCUT2D eigenvalue weighted by atomic mass is 9.87. The van der Waals surface area contributed by atoms with E-state index in [0.29, 0.717) is 26.3 Å². The summed E-state index contributed by atoms with van der Waals surface area (Å²) in [4.78, 5) is 56.6. The largest absolute Gasteiger partial charge is 0.325 e. The van der Waals surface area contributed by atoms with Gasteiger partial charge in [-0.3, -0.25) is 23.7 Å². The molecule has 0 spiro atoms. The Bertz CT molecular complexity index is 1900. The molecule has 3 atom stereocenters. The number of thioether (sulfide) groups is 1. The maximum atomic E-state index is 13.8. The summed E-state index contributed by atoms with van der Waals surface area (Å²) in [6.07, 6.45) is 0. The average Bonchev–Trinajstić information content (AvgIpc) is 3.66. The molecule has 0 aliphatic carbocycles. The SMILES string of the molecule is O=C(Cn1c2c(sc1=O)[C@@H](c1cccs1)[C@@H]1C(=O)N(c3ccc(Cl)cc3)C(=O)[C@@H]1S2)Nc1ccc2ccccc2c1. The van der Waals surface area contributed by atoms with Gasteiger partial charge in [0.25, 0.3) is 0 Å². The van der Waals surface area contributed by atoms with Gasteiger partial charge in [0.05, 0.1) is 16.6 Å². The highest BCUT2D eigenvalue weighted by atomic mass is 35.5. The van der Waals surface area contributed by atoms with Crippen molar-refractivity contribution < 1.29 is 14.4 Å². The topological polar surface area (TPSA) is 88.5 Å². The maximum absolute atomic E-state index is 13.8. The van der Waals surface area contributed by atoms with Crippen LogP contribution in [0.2, 0.25) is 5.02 Å². The number of carbonyl (C=O) groups is 3. The van der Waals surface area contributed by atoms with Crippen molar-refractivity contribution in [1.29, 1.82) is 0 Å². The van der Waals surface area contributed by atoms with Gasteiger partial charge >= 0.3 is 4.87 Å². The first-order valence-corrected chi connectivity index (χ1v) is 15.7. The monoisotopic (exact) mass is 617 g/mol. The Hall–Kier alpha value is -3.70. The molecule has 2 aliphatic rings. The highest BCUT2D eigenvalue weighted by molar-refractivity contribution is 8.00. The number of thiazole rings is 1. The van der Waals surface area contributed by atoms with Gasteiger partial charge in [-0.15, -0.1) is 11.3 Å². The second kappa shape index (κ2) is 10.3. The summed E-state index contributed by atoms with van der Waals surface area (Å²) < 4.78 is 1.43. The molecule has 3 amide bonds. The van der Waals surface area contributed by atoms with Gasteiger partial charge in [0.15, 0.2) is 0 Å². The van der Waals surface area contributed by atoms with Gasteiger partial charge in [-0.1, -0.05) is 71.1 Å². The van der Waals surface area contributed by atoms with E-state index in [2.05, 4.69) is 5.32 Å². The van der Waals surface area contributed by atoms with E-state index in [-0.39, 0.29) is 29.1 Å². The molecule has 0 saturated carbocycles. The minimum Gasteiger partial charge on any atom is -0.325 e. The number of fused-ring (bicyclic) bond motifs is 3. The molecule has 2 aromatic heterocycles. The number of rotatable bonds is 5. The first-order chi connectivity index (χ1) is 19.9. The van der Waals surface area contributed by atoms with E-state index >= 15 is 0 Å². The molecule has 4 heterocycles. The molecule has 2 aliphatic heterocycles. The number of carbonyl (C=O) groups excluding carboxylic acids is 3. The Balaban J connectivity index is 1.23. The molecule has 7 rings (SSSR count). The molecule has 1 fully saturated rings. The van der Waals surface area contributed by atoms with Crippen LogP contribution in [-0.2, 0) is 20.9 Å². The fraction of sp³-hybridized carbons (Fsp3) is 0.133. The Morgan fingerprint density at radius 2 is 1.68 bits per heavy atom. The molecule has 0 bridgehead atoms. The van der Waals surface area contributed by atoms with Crippen LogP contribution in [-0.4, -0.2) is 27.5 Å². The number of imide groups is 1. The minimum atomic E-state index is -0.735. The molecule has 3 aromatic carbocycles. The number of nitrogens with zero attached hydrogens (tertiary/aromatic N) is 2. The lowest BCUT2D eigenvalue weighted by Gasteiger charge is -2.29. The van der Waals surface area contributed by atoms with Crippen LogP contribution in [0.25, 0.3) is 10.8 Å². The highest BCUT2D eigenvalue weighted by Gasteiger charge is 2.57. The average molecular weight is 618 g/mol. The number of hydrogen-bond donors (Lipinski definition) is 1. The van der Waals surface area contributed by atoms with Crippen molar-refractivity contribution in [2.45, 2.75) is 22.7 Å². The number of anilines is 2. The number of benzene rings is 3. The minimum absolute atomic E-state index is 0.206. The first kappa shape index (κ1) is 26.2. The quantitative estimate of drug-likeness (QED) is 0.237. The molecule has 1 saturated heterocycles. The summed E-state index contributed by atoms with van der Waals surface area (Å²) in [7, 11) is 0. The van der Waals surface area contributed by atoms with Gasteiger partial charge in [-0.25, -0.2) is 4.90 Å². The fourth-order valence-electron chi connectivity index (χ4n) is 5.49. The zero-order valence-corrected chi connectivity index (χ0v) is 24.4. The first-order valence-electron chi connectivity index (χ1n) is 12.7. The van der Waals surface area contributed by atoms with Crippen LogP contribution in [0.15, 0.2) is 94.1 Å². The number of hydrogen-bond acceptors (Lipinski definition) is 7. The molecule has 204 valence electrons. The predicted molar refractivity (Wildman–Crippen MR) is 164 cm³/mol. The van der Waals surface area contributed by atoms with E-state index in [1.807, 2.05) is 60.0 Å². The summed E-state index contributed by atoms with van der Waals surface area (Å²) >= 11 is 9.77. The Kier molecular flexibility index (Phi) is 6.58. The lowest BCUT2D eigenvalue weighted by Crippen LogP contribution is -2.32. The van der Waals surface area contributed by atoms with Crippen molar-refractivity contribution in [3.63, 3.8) is 0 Å². The molecular formula is C30H20ClN3O4S3. The van der Waals surface area contributed by atoms with Crippen molar-refractivity contribution in [3.05, 3.63) is 109 Å². The van der Waals surface area contributed by atoms with Crippen LogP contribution in [0, 0.1) is 5.92 Å². The zero-order chi connectivity index (χ0) is 28.2. The second-order valence-electron chi connectivity index (χ2n) is 9.78. The van der Waals surface area contributed by atoms with Crippen LogP contribution in [0.1, 0.15) is 15.7 Å². The number of aromatic nitrogens is 1. The van der Waals surface area contributed by atoms with E-state index < -0.39 is 17.1 Å². The van der Waals surface area contributed by atoms with Crippen LogP contribution in [0.5, 0.6) is 0 Å². The number of amides is 3. The van der Waals surface area contributed by atoms with E-state index in [1.165, 1.54) is 32.6 Å². The summed E-state index contributed by atoms with van der Waals surface area (Å²) in [5, 5.41) is 7.20. The molecule has 41 heavy (non-hydrogen) atoms. The standard InChI is InChI=1S/C30H20ClN3O4S3/c31-18-8-11-20(12-9-18)34-27(36)24-23(21-6-3-13-39-21)26-29(40-25(24)28(34)37)33(30(38)41-26)15-22(35)32-19-10-7-16-4-1-2-5-17(16)14-19/h1-14,23-25H,15H2,(H,32,35)/t23-,24-,25+/m0/s1. The molecule has 5 aromatic rings. The molecule has 7 nitrogen and oxygen atoms in total. The molecular weight excluding hydrogens is 598 g/mol. The third kappa shape index (κ3) is 4.51. The summed E-state index contributed by atoms with van der Waals surface area (Å²) in [5.74, 6) is -2.14. The van der Waals surface area contributed by atoms with Crippen molar-refractivity contribution in [2.75, 3.05) is 10.2 Å². The number of halogens is 1. The number of nitrogens with one attached hydrogen (secondary N) is 1. The van der Waals surface area contributed by atoms with Crippen LogP contribution in [0.3, 0.4) is 0 Å². The molecule has 0 unspecified atom stereocenters. The van der Waals surface area contributed by atoms with Crippen molar-refractivity contribution in [1.82, 2.24) is 4.57 Å². The fourth-order valence-corrected chi connectivity index (χ4v) is 9.33. The molecule has 11 heteroatoms. The summed E-state index contributed by atoms with van der Waals surface area (Å²) in [6.45, 7) is -0.206. The Labute approximate surface area is 251 Å². The van der Waals surface area contributed by atoms with Crippen molar-refractivity contribution in [2.24, 2.45) is 5.92 Å². The van der Waals surface area contributed by atoms with Crippen LogP contribution in [0.4, 0.5) is 11.4 Å². The third-order valence-electron chi connectivity index (χ3n) is 7.32. The van der Waals surface area contributed by atoms with Gasteiger partial charge < -0.3 is 5.32 Å². The van der Waals surface area contributed by atoms with Gasteiger partial charge in [0, 0.05) is 26.4 Å². The van der Waals surface area contributed by atoms with Crippen LogP contribution >= 0.6 is 46.0 Å². The highest BCUT2D eigenvalue weighted by Crippen LogP contribution is 2.54. The second-order valence-corrected chi connectivity index (χ2v) is 13.3. The van der Waals surface area contributed by atoms with Gasteiger partial charge in [0.2, 0.25) is 17.7 Å². The molecule has 0 radical (unpaired) electrons. The van der Waals surface area contributed by atoms with Crippen molar-refractivity contribution >= 4 is 85.9 Å². The normalized spacial score (nSPS) is 19.8. The zero-order valence-electron chi connectivity index (χ0n) is 21.2. The van der Waals surface area contributed by atoms with E-state index in [1.54, 1.807) is 24.3 Å². The smallest absolute Gasteiger partial charge is 0.308 e. The lowest BCUT2D eigenvalue weighted by molar-refractivity contribution is -0.122.